The number of para-hydroxylation sites is 1. The predicted molar refractivity (Wildman–Crippen MR) is 134 cm³/mol. The number of fused-ring (bicyclic) bond motifs is 1. The van der Waals surface area contributed by atoms with Crippen LogP contribution in [0.2, 0.25) is 5.02 Å². The van der Waals surface area contributed by atoms with Gasteiger partial charge in [0.25, 0.3) is 5.91 Å². The van der Waals surface area contributed by atoms with E-state index in [1.165, 1.54) is 0 Å². The number of halogens is 1. The van der Waals surface area contributed by atoms with Gasteiger partial charge in [-0.3, -0.25) is 9.48 Å². The summed E-state index contributed by atoms with van der Waals surface area (Å²) in [6.45, 7) is 7.24. The molecule has 0 saturated heterocycles. The number of aryl methyl sites for hydroxylation is 1. The monoisotopic (exact) mass is 479 g/mol. The average Bonchev–Trinajstić information content (AvgIpc) is 3.11. The Bertz CT molecular complexity index is 1200. The zero-order chi connectivity index (χ0) is 24.5. The number of nitrogens with one attached hydrogen (secondary N) is 1. The minimum Gasteiger partial charge on any atom is -0.333 e. The van der Waals surface area contributed by atoms with E-state index in [9.17, 15) is 9.59 Å². The molecule has 0 spiro atoms. The Balaban J connectivity index is 1.67. The zero-order valence-electron chi connectivity index (χ0n) is 20.0. The molecule has 1 aliphatic rings. The minimum atomic E-state index is -0.319. The number of amides is 3. The van der Waals surface area contributed by atoms with Crippen LogP contribution in [0.25, 0.3) is 0 Å². The van der Waals surface area contributed by atoms with Gasteiger partial charge in [-0.2, -0.15) is 5.10 Å². The Morgan fingerprint density at radius 2 is 1.76 bits per heavy atom. The molecule has 0 aliphatic carbocycles. The van der Waals surface area contributed by atoms with Crippen LogP contribution in [0, 0.1) is 0 Å². The van der Waals surface area contributed by atoms with Crippen molar-refractivity contribution < 1.29 is 9.59 Å². The summed E-state index contributed by atoms with van der Waals surface area (Å²) in [6.07, 6.45) is 0.709. The number of urea groups is 1. The first-order chi connectivity index (χ1) is 16.1. The Labute approximate surface area is 205 Å². The van der Waals surface area contributed by atoms with E-state index in [1.54, 1.807) is 29.2 Å². The SMILES string of the molecule is Cn1nc(CN(C(=O)c2ccccc2Cl)c2ccccc2)c2c1CCN(C(=O)NC(C)(C)C)C2. The average molecular weight is 480 g/mol. The van der Waals surface area contributed by atoms with Gasteiger partial charge in [0.1, 0.15) is 0 Å². The highest BCUT2D eigenvalue weighted by Gasteiger charge is 2.30. The lowest BCUT2D eigenvalue weighted by Crippen LogP contribution is -2.49. The molecule has 1 N–H and O–H groups in total. The Hall–Kier alpha value is -3.32. The fourth-order valence-corrected chi connectivity index (χ4v) is 4.40. The number of rotatable bonds is 4. The van der Waals surface area contributed by atoms with E-state index in [0.717, 1.165) is 22.6 Å². The van der Waals surface area contributed by atoms with Crippen LogP contribution in [0.3, 0.4) is 0 Å². The number of carbonyl (C=O) groups excluding carboxylic acids is 2. The highest BCUT2D eigenvalue weighted by molar-refractivity contribution is 6.34. The molecule has 1 aromatic heterocycles. The number of nitrogens with zero attached hydrogens (tertiary/aromatic N) is 4. The van der Waals surface area contributed by atoms with Crippen LogP contribution in [-0.4, -0.2) is 38.7 Å². The quantitative estimate of drug-likeness (QED) is 0.585. The van der Waals surface area contributed by atoms with Gasteiger partial charge in [0.05, 0.1) is 29.4 Å². The van der Waals surface area contributed by atoms with Crippen LogP contribution >= 0.6 is 11.6 Å². The van der Waals surface area contributed by atoms with E-state index < -0.39 is 0 Å². The number of anilines is 1. The molecule has 1 aliphatic heterocycles. The van der Waals surface area contributed by atoms with Crippen molar-refractivity contribution >= 4 is 29.2 Å². The fourth-order valence-electron chi connectivity index (χ4n) is 4.19. The smallest absolute Gasteiger partial charge is 0.318 e. The number of hydrogen-bond donors (Lipinski definition) is 1. The molecular formula is C26H30ClN5O2. The van der Waals surface area contributed by atoms with Crippen molar-refractivity contribution in [3.05, 3.63) is 82.1 Å². The largest absolute Gasteiger partial charge is 0.333 e. The molecule has 3 amide bonds. The van der Waals surface area contributed by atoms with Gasteiger partial charge < -0.3 is 15.1 Å². The van der Waals surface area contributed by atoms with Crippen LogP contribution in [0.1, 0.15) is 48.1 Å². The molecule has 34 heavy (non-hydrogen) atoms. The third kappa shape index (κ3) is 5.09. The van der Waals surface area contributed by atoms with E-state index in [4.69, 9.17) is 16.7 Å². The van der Waals surface area contributed by atoms with Gasteiger partial charge in [0.15, 0.2) is 0 Å². The van der Waals surface area contributed by atoms with E-state index in [2.05, 4.69) is 5.32 Å². The van der Waals surface area contributed by atoms with Crippen molar-refractivity contribution in [2.24, 2.45) is 7.05 Å². The normalized spacial score (nSPS) is 13.4. The third-order valence-corrected chi connectivity index (χ3v) is 6.15. The highest BCUT2D eigenvalue weighted by atomic mass is 35.5. The molecule has 0 unspecified atom stereocenters. The van der Waals surface area contributed by atoms with Gasteiger partial charge in [-0.15, -0.1) is 0 Å². The standard InChI is InChI=1S/C26H30ClN5O2/c1-26(2,3)28-25(34)31-15-14-23-20(16-31)22(29-30(23)4)17-32(18-10-6-5-7-11-18)24(33)19-12-8-9-13-21(19)27/h5-13H,14-17H2,1-4H3,(H,28,34). The number of aromatic nitrogens is 2. The number of benzene rings is 2. The lowest BCUT2D eigenvalue weighted by Gasteiger charge is -2.31. The summed E-state index contributed by atoms with van der Waals surface area (Å²) in [5.74, 6) is -0.200. The van der Waals surface area contributed by atoms with Crippen molar-refractivity contribution in [2.45, 2.75) is 45.8 Å². The van der Waals surface area contributed by atoms with Gasteiger partial charge in [-0.1, -0.05) is 41.9 Å². The molecular weight excluding hydrogens is 450 g/mol. The molecule has 2 heterocycles. The second-order valence-electron chi connectivity index (χ2n) is 9.55. The first-order valence-electron chi connectivity index (χ1n) is 11.4. The second kappa shape index (κ2) is 9.50. The Morgan fingerprint density at radius 3 is 2.44 bits per heavy atom. The summed E-state index contributed by atoms with van der Waals surface area (Å²) in [4.78, 5) is 29.9. The lowest BCUT2D eigenvalue weighted by atomic mass is 10.0. The molecule has 4 rings (SSSR count). The molecule has 3 aromatic rings. The minimum absolute atomic E-state index is 0.0972. The molecule has 8 heteroatoms. The van der Waals surface area contributed by atoms with E-state index in [-0.39, 0.29) is 24.0 Å². The van der Waals surface area contributed by atoms with Gasteiger partial charge in [0.2, 0.25) is 0 Å². The van der Waals surface area contributed by atoms with Gasteiger partial charge >= 0.3 is 6.03 Å². The van der Waals surface area contributed by atoms with Gasteiger partial charge in [-0.05, 0) is 45.0 Å². The maximum Gasteiger partial charge on any atom is 0.318 e. The second-order valence-corrected chi connectivity index (χ2v) is 9.96. The Morgan fingerprint density at radius 1 is 1.09 bits per heavy atom. The lowest BCUT2D eigenvalue weighted by molar-refractivity contribution is 0.0984. The van der Waals surface area contributed by atoms with Crippen molar-refractivity contribution in [3.8, 4) is 0 Å². The summed E-state index contributed by atoms with van der Waals surface area (Å²) in [5.41, 5.74) is 3.73. The molecule has 0 saturated carbocycles. The Kier molecular flexibility index (Phi) is 6.66. The fraction of sp³-hybridized carbons (Fsp3) is 0.346. The molecule has 0 fully saturated rings. The molecule has 2 aromatic carbocycles. The maximum atomic E-state index is 13.6. The molecule has 178 valence electrons. The zero-order valence-corrected chi connectivity index (χ0v) is 20.8. The highest BCUT2D eigenvalue weighted by Crippen LogP contribution is 2.28. The van der Waals surface area contributed by atoms with Crippen LogP contribution in [0.15, 0.2) is 54.6 Å². The van der Waals surface area contributed by atoms with E-state index >= 15 is 0 Å². The van der Waals surface area contributed by atoms with Gasteiger partial charge in [0, 0.05) is 42.5 Å². The maximum absolute atomic E-state index is 13.6. The summed E-state index contributed by atoms with van der Waals surface area (Å²) in [6, 6.07) is 16.5. The van der Waals surface area contributed by atoms with Crippen molar-refractivity contribution in [1.29, 1.82) is 0 Å². The summed E-state index contributed by atoms with van der Waals surface area (Å²) >= 11 is 6.36. The molecule has 0 atom stereocenters. The number of hydrogen-bond acceptors (Lipinski definition) is 3. The van der Waals surface area contributed by atoms with Crippen LogP contribution < -0.4 is 10.2 Å². The topological polar surface area (TPSA) is 70.5 Å². The van der Waals surface area contributed by atoms with Crippen molar-refractivity contribution in [3.63, 3.8) is 0 Å². The molecule has 0 radical (unpaired) electrons. The first kappa shape index (κ1) is 23.8. The molecule has 7 nitrogen and oxygen atoms in total. The summed E-state index contributed by atoms with van der Waals surface area (Å²) < 4.78 is 1.87. The van der Waals surface area contributed by atoms with Crippen molar-refractivity contribution in [1.82, 2.24) is 20.0 Å². The van der Waals surface area contributed by atoms with Crippen LogP contribution in [0.5, 0.6) is 0 Å². The van der Waals surface area contributed by atoms with Gasteiger partial charge in [-0.25, -0.2) is 4.79 Å². The van der Waals surface area contributed by atoms with E-state index in [1.807, 2.05) is 67.7 Å². The summed E-state index contributed by atoms with van der Waals surface area (Å²) in [5, 5.41) is 8.20. The first-order valence-corrected chi connectivity index (χ1v) is 11.7. The third-order valence-electron chi connectivity index (χ3n) is 5.82. The predicted octanol–water partition coefficient (Wildman–Crippen LogP) is 4.79. The van der Waals surface area contributed by atoms with Crippen LogP contribution in [-0.2, 0) is 26.6 Å². The number of carbonyl (C=O) groups is 2. The van der Waals surface area contributed by atoms with E-state index in [0.29, 0.717) is 30.1 Å². The van der Waals surface area contributed by atoms with Crippen molar-refractivity contribution in [2.75, 3.05) is 11.4 Å². The summed E-state index contributed by atoms with van der Waals surface area (Å²) in [7, 11) is 1.91. The molecule has 0 bridgehead atoms. The van der Waals surface area contributed by atoms with Crippen LogP contribution in [0.4, 0.5) is 10.5 Å².